The van der Waals surface area contributed by atoms with Crippen LogP contribution in [0.25, 0.3) is 0 Å². The summed E-state index contributed by atoms with van der Waals surface area (Å²) in [6, 6.07) is 7.23. The Morgan fingerprint density at radius 2 is 2.11 bits per heavy atom. The highest BCUT2D eigenvalue weighted by molar-refractivity contribution is 5.43. The summed E-state index contributed by atoms with van der Waals surface area (Å²) < 4.78 is 10.7. The summed E-state index contributed by atoms with van der Waals surface area (Å²) in [5.41, 5.74) is 6.17. The average molecular weight is 247 g/mol. The lowest BCUT2D eigenvalue weighted by Crippen LogP contribution is -2.11. The van der Waals surface area contributed by atoms with Crippen LogP contribution in [0.2, 0.25) is 0 Å². The maximum Gasteiger partial charge on any atom is 0.232 e. The van der Waals surface area contributed by atoms with Crippen LogP contribution in [0.4, 0.5) is 5.69 Å². The molecule has 2 N–H and O–H groups in total. The Labute approximate surface area is 106 Å². The van der Waals surface area contributed by atoms with Crippen LogP contribution in [0, 0.1) is 0 Å². The van der Waals surface area contributed by atoms with Gasteiger partial charge in [0.15, 0.2) is 6.61 Å². The van der Waals surface area contributed by atoms with Gasteiger partial charge in [0.1, 0.15) is 5.75 Å². The Bertz CT molecular complexity index is 529. The van der Waals surface area contributed by atoms with Gasteiger partial charge in [0, 0.05) is 17.2 Å². The van der Waals surface area contributed by atoms with E-state index in [-0.39, 0.29) is 12.0 Å². The molecular weight excluding hydrogens is 230 g/mol. The van der Waals surface area contributed by atoms with Crippen molar-refractivity contribution in [1.29, 1.82) is 0 Å². The molecule has 5 heteroatoms. The second-order valence-electron chi connectivity index (χ2n) is 5.13. The molecule has 0 spiro atoms. The SMILES string of the molecule is CC(C)(C)c1nc(COc2cccc(N)c2)no1. The van der Waals surface area contributed by atoms with Gasteiger partial charge in [0.05, 0.1) is 0 Å². The Balaban J connectivity index is 2.01. The number of aromatic nitrogens is 2. The van der Waals surface area contributed by atoms with Crippen molar-refractivity contribution in [3.8, 4) is 5.75 Å². The van der Waals surface area contributed by atoms with Gasteiger partial charge in [0.25, 0.3) is 0 Å². The number of rotatable bonds is 3. The summed E-state index contributed by atoms with van der Waals surface area (Å²) in [7, 11) is 0. The van der Waals surface area contributed by atoms with E-state index in [0.29, 0.717) is 23.2 Å². The molecule has 1 aromatic carbocycles. The molecule has 0 atom stereocenters. The van der Waals surface area contributed by atoms with Gasteiger partial charge in [-0.2, -0.15) is 4.98 Å². The third-order valence-electron chi connectivity index (χ3n) is 2.34. The summed E-state index contributed by atoms with van der Waals surface area (Å²) in [4.78, 5) is 4.28. The van der Waals surface area contributed by atoms with Crippen LogP contribution in [0.3, 0.4) is 0 Å². The van der Waals surface area contributed by atoms with E-state index in [1.807, 2.05) is 32.9 Å². The van der Waals surface area contributed by atoms with E-state index in [2.05, 4.69) is 10.1 Å². The monoisotopic (exact) mass is 247 g/mol. The molecule has 5 nitrogen and oxygen atoms in total. The van der Waals surface area contributed by atoms with Crippen LogP contribution in [-0.2, 0) is 12.0 Å². The molecule has 0 aliphatic rings. The maximum absolute atomic E-state index is 5.66. The molecule has 0 radical (unpaired) electrons. The fraction of sp³-hybridized carbons (Fsp3) is 0.385. The van der Waals surface area contributed by atoms with Gasteiger partial charge < -0.3 is 15.0 Å². The predicted octanol–water partition coefficient (Wildman–Crippen LogP) is 2.53. The average Bonchev–Trinajstić information content (AvgIpc) is 2.74. The molecule has 1 aromatic heterocycles. The quantitative estimate of drug-likeness (QED) is 0.843. The molecule has 0 bridgehead atoms. The largest absolute Gasteiger partial charge is 0.485 e. The first-order valence-electron chi connectivity index (χ1n) is 5.76. The van der Waals surface area contributed by atoms with Gasteiger partial charge in [-0.3, -0.25) is 0 Å². The second kappa shape index (κ2) is 4.68. The van der Waals surface area contributed by atoms with Gasteiger partial charge >= 0.3 is 0 Å². The molecule has 2 rings (SSSR count). The van der Waals surface area contributed by atoms with Crippen LogP contribution < -0.4 is 10.5 Å². The molecule has 0 aliphatic carbocycles. The Kier molecular flexibility index (Phi) is 3.23. The van der Waals surface area contributed by atoms with Crippen LogP contribution in [0.1, 0.15) is 32.5 Å². The minimum Gasteiger partial charge on any atom is -0.485 e. The topological polar surface area (TPSA) is 74.2 Å². The van der Waals surface area contributed by atoms with Gasteiger partial charge in [-0.15, -0.1) is 0 Å². The lowest BCUT2D eigenvalue weighted by atomic mass is 9.97. The van der Waals surface area contributed by atoms with Crippen molar-refractivity contribution in [3.63, 3.8) is 0 Å². The van der Waals surface area contributed by atoms with E-state index in [1.165, 1.54) is 0 Å². The Morgan fingerprint density at radius 1 is 1.33 bits per heavy atom. The summed E-state index contributed by atoms with van der Waals surface area (Å²) in [5, 5.41) is 3.88. The van der Waals surface area contributed by atoms with E-state index < -0.39 is 0 Å². The molecule has 0 aliphatic heterocycles. The zero-order chi connectivity index (χ0) is 13.2. The van der Waals surface area contributed by atoms with Crippen molar-refractivity contribution in [2.75, 3.05) is 5.73 Å². The number of anilines is 1. The highest BCUT2D eigenvalue weighted by Gasteiger charge is 2.21. The molecule has 0 saturated heterocycles. The first-order chi connectivity index (χ1) is 8.45. The van der Waals surface area contributed by atoms with Crippen molar-refractivity contribution in [3.05, 3.63) is 36.0 Å². The van der Waals surface area contributed by atoms with Gasteiger partial charge in [0.2, 0.25) is 11.7 Å². The van der Waals surface area contributed by atoms with Gasteiger partial charge in [-0.25, -0.2) is 0 Å². The number of nitrogen functional groups attached to an aromatic ring is 1. The summed E-state index contributed by atoms with van der Waals surface area (Å²) in [6.45, 7) is 6.32. The summed E-state index contributed by atoms with van der Waals surface area (Å²) >= 11 is 0. The van der Waals surface area contributed by atoms with Crippen molar-refractivity contribution in [1.82, 2.24) is 10.1 Å². The van der Waals surface area contributed by atoms with Gasteiger partial charge in [-0.05, 0) is 12.1 Å². The molecule has 18 heavy (non-hydrogen) atoms. The van der Waals surface area contributed by atoms with Crippen molar-refractivity contribution < 1.29 is 9.26 Å². The Hall–Kier alpha value is -2.04. The van der Waals surface area contributed by atoms with E-state index in [4.69, 9.17) is 15.0 Å². The van der Waals surface area contributed by atoms with Crippen LogP contribution in [0.15, 0.2) is 28.8 Å². The van der Waals surface area contributed by atoms with Crippen molar-refractivity contribution >= 4 is 5.69 Å². The maximum atomic E-state index is 5.66. The standard InChI is InChI=1S/C13H17N3O2/c1-13(2,3)12-15-11(16-18-12)8-17-10-6-4-5-9(14)7-10/h4-7H,8,14H2,1-3H3. The predicted molar refractivity (Wildman–Crippen MR) is 68.2 cm³/mol. The van der Waals surface area contributed by atoms with Gasteiger partial charge in [-0.1, -0.05) is 32.0 Å². The first kappa shape index (κ1) is 12.4. The molecule has 0 amide bonds. The highest BCUT2D eigenvalue weighted by Crippen LogP contribution is 2.20. The molecule has 0 saturated carbocycles. The third-order valence-corrected chi connectivity index (χ3v) is 2.34. The van der Waals surface area contributed by atoms with E-state index in [9.17, 15) is 0 Å². The smallest absolute Gasteiger partial charge is 0.232 e. The highest BCUT2D eigenvalue weighted by atomic mass is 16.5. The summed E-state index contributed by atoms with van der Waals surface area (Å²) in [6.07, 6.45) is 0. The number of nitrogens with two attached hydrogens (primary N) is 1. The lowest BCUT2D eigenvalue weighted by molar-refractivity contribution is 0.280. The van der Waals surface area contributed by atoms with E-state index in [1.54, 1.807) is 12.1 Å². The zero-order valence-corrected chi connectivity index (χ0v) is 10.8. The number of benzene rings is 1. The third kappa shape index (κ3) is 3.00. The normalized spacial score (nSPS) is 11.5. The number of ether oxygens (including phenoxy) is 1. The number of hydrogen-bond acceptors (Lipinski definition) is 5. The van der Waals surface area contributed by atoms with Crippen LogP contribution in [0.5, 0.6) is 5.75 Å². The summed E-state index contributed by atoms with van der Waals surface area (Å²) in [5.74, 6) is 1.83. The van der Waals surface area contributed by atoms with Crippen molar-refractivity contribution in [2.45, 2.75) is 32.8 Å². The molecule has 1 heterocycles. The van der Waals surface area contributed by atoms with Crippen LogP contribution >= 0.6 is 0 Å². The first-order valence-corrected chi connectivity index (χ1v) is 5.76. The molecule has 2 aromatic rings. The molecule has 0 fully saturated rings. The second-order valence-corrected chi connectivity index (χ2v) is 5.13. The number of nitrogens with zero attached hydrogens (tertiary/aromatic N) is 2. The fourth-order valence-electron chi connectivity index (χ4n) is 1.37. The molecular formula is C13H17N3O2. The minimum absolute atomic E-state index is 0.150. The zero-order valence-electron chi connectivity index (χ0n) is 10.8. The Morgan fingerprint density at radius 3 is 2.72 bits per heavy atom. The lowest BCUT2D eigenvalue weighted by Gasteiger charge is -2.10. The van der Waals surface area contributed by atoms with Crippen molar-refractivity contribution in [2.24, 2.45) is 0 Å². The van der Waals surface area contributed by atoms with E-state index in [0.717, 1.165) is 0 Å². The number of hydrogen-bond donors (Lipinski definition) is 1. The fourth-order valence-corrected chi connectivity index (χ4v) is 1.37. The molecule has 96 valence electrons. The minimum atomic E-state index is -0.150. The van der Waals surface area contributed by atoms with E-state index >= 15 is 0 Å². The van der Waals surface area contributed by atoms with Crippen LogP contribution in [-0.4, -0.2) is 10.1 Å². The molecule has 0 unspecified atom stereocenters.